The van der Waals surface area contributed by atoms with Crippen LogP contribution in [0.3, 0.4) is 0 Å². The van der Waals surface area contributed by atoms with Gasteiger partial charge < -0.3 is 27.0 Å². The van der Waals surface area contributed by atoms with E-state index in [0.717, 1.165) is 11.3 Å². The molecule has 5 rings (SSSR count). The van der Waals surface area contributed by atoms with E-state index in [1.807, 2.05) is 0 Å². The first-order chi connectivity index (χ1) is 15.7. The molecular formula is C22H18N6O4S. The molecule has 1 aliphatic carbocycles. The standard InChI is InChI=1S/C22H18N6O4S/c1-9-7-14(32-13-3-2-6-27-28-13)26-8-11(9)22(25)10-4-5-12(23)18-15(10)16(17(24)20(22)29)19(33-18)21(30)31/h2-8,17H,23-25H2,1H3,(H,30,31). The number of carbonyl (C=O) groups is 2. The van der Waals surface area contributed by atoms with Gasteiger partial charge in [0.05, 0.1) is 10.7 Å². The van der Waals surface area contributed by atoms with Crippen LogP contribution < -0.4 is 21.9 Å². The van der Waals surface area contributed by atoms with Crippen molar-refractivity contribution in [1.82, 2.24) is 15.2 Å². The third-order valence-corrected chi connectivity index (χ3v) is 7.02. The number of thiophene rings is 1. The van der Waals surface area contributed by atoms with Gasteiger partial charge in [0.1, 0.15) is 10.4 Å². The highest BCUT2D eigenvalue weighted by Crippen LogP contribution is 2.49. The third-order valence-electron chi connectivity index (χ3n) is 5.77. The summed E-state index contributed by atoms with van der Waals surface area (Å²) in [5, 5.41) is 17.8. The molecule has 33 heavy (non-hydrogen) atoms. The summed E-state index contributed by atoms with van der Waals surface area (Å²) in [6.45, 7) is 1.77. The predicted octanol–water partition coefficient (Wildman–Crippen LogP) is 2.25. The highest BCUT2D eigenvalue weighted by Gasteiger charge is 2.49. The van der Waals surface area contributed by atoms with Gasteiger partial charge >= 0.3 is 5.97 Å². The van der Waals surface area contributed by atoms with Crippen LogP contribution in [0.2, 0.25) is 0 Å². The summed E-state index contributed by atoms with van der Waals surface area (Å²) in [7, 11) is 0. The molecule has 0 amide bonds. The second-order valence-corrected chi connectivity index (χ2v) is 8.73. The number of anilines is 1. The van der Waals surface area contributed by atoms with E-state index < -0.39 is 23.3 Å². The fourth-order valence-corrected chi connectivity index (χ4v) is 5.40. The topological polar surface area (TPSA) is 180 Å². The molecule has 3 heterocycles. The van der Waals surface area contributed by atoms with Gasteiger partial charge in [0.2, 0.25) is 11.8 Å². The van der Waals surface area contributed by atoms with Gasteiger partial charge in [0.15, 0.2) is 5.78 Å². The van der Waals surface area contributed by atoms with Crippen LogP contribution in [0.15, 0.2) is 42.7 Å². The van der Waals surface area contributed by atoms with E-state index in [1.165, 1.54) is 12.4 Å². The fraction of sp³-hybridized carbons (Fsp3) is 0.136. The van der Waals surface area contributed by atoms with Gasteiger partial charge in [-0.1, -0.05) is 6.07 Å². The molecule has 10 nitrogen and oxygen atoms in total. The van der Waals surface area contributed by atoms with Crippen molar-refractivity contribution in [1.29, 1.82) is 0 Å². The third kappa shape index (κ3) is 2.98. The van der Waals surface area contributed by atoms with Crippen LogP contribution in [0.4, 0.5) is 5.69 Å². The average molecular weight is 462 g/mol. The number of carboxylic acids is 1. The maximum absolute atomic E-state index is 13.6. The van der Waals surface area contributed by atoms with Gasteiger partial charge in [0.25, 0.3) is 0 Å². The number of hydrogen-bond acceptors (Lipinski definition) is 10. The van der Waals surface area contributed by atoms with Crippen LogP contribution in [0.5, 0.6) is 11.8 Å². The Balaban J connectivity index is 1.70. The molecule has 1 aromatic carbocycles. The number of aromatic nitrogens is 3. The predicted molar refractivity (Wildman–Crippen MR) is 121 cm³/mol. The van der Waals surface area contributed by atoms with Crippen LogP contribution in [-0.2, 0) is 10.3 Å². The van der Waals surface area contributed by atoms with Gasteiger partial charge in [-0.2, -0.15) is 5.10 Å². The lowest BCUT2D eigenvalue weighted by molar-refractivity contribution is -0.124. The summed E-state index contributed by atoms with van der Waals surface area (Å²) in [4.78, 5) is 29.7. The number of ether oxygens (including phenoxy) is 1. The van der Waals surface area contributed by atoms with E-state index in [-0.39, 0.29) is 22.2 Å². The number of ketones is 1. The summed E-state index contributed by atoms with van der Waals surface area (Å²) in [6, 6.07) is 6.97. The Kier molecular flexibility index (Phi) is 4.64. The van der Waals surface area contributed by atoms with Crippen LogP contribution in [-0.4, -0.2) is 32.0 Å². The van der Waals surface area contributed by atoms with Crippen molar-refractivity contribution in [2.24, 2.45) is 11.5 Å². The van der Waals surface area contributed by atoms with Gasteiger partial charge in [-0.15, -0.1) is 16.4 Å². The van der Waals surface area contributed by atoms with Crippen molar-refractivity contribution < 1.29 is 19.4 Å². The summed E-state index contributed by atoms with van der Waals surface area (Å²) >= 11 is 0.986. The zero-order valence-corrected chi connectivity index (χ0v) is 18.1. The number of aryl methyl sites for hydroxylation is 1. The van der Waals surface area contributed by atoms with Crippen molar-refractivity contribution in [3.8, 4) is 11.8 Å². The summed E-state index contributed by atoms with van der Waals surface area (Å²) in [5.74, 6) is -1.19. The van der Waals surface area contributed by atoms with E-state index in [2.05, 4.69) is 15.2 Å². The molecule has 11 heteroatoms. The van der Waals surface area contributed by atoms with Crippen molar-refractivity contribution in [2.45, 2.75) is 18.5 Å². The number of carbonyl (C=O) groups excluding carboxylic acids is 1. The second kappa shape index (κ2) is 7.30. The quantitative estimate of drug-likeness (QED) is 0.328. The van der Waals surface area contributed by atoms with Crippen molar-refractivity contribution >= 4 is 38.9 Å². The Hall–Kier alpha value is -3.93. The monoisotopic (exact) mass is 462 g/mol. The lowest BCUT2D eigenvalue weighted by Gasteiger charge is -2.37. The summed E-state index contributed by atoms with van der Waals surface area (Å²) in [5.41, 5.74) is 19.7. The van der Waals surface area contributed by atoms with Gasteiger partial charge in [-0.25, -0.2) is 9.78 Å². The molecule has 1 aliphatic rings. The molecule has 3 aromatic heterocycles. The van der Waals surface area contributed by atoms with E-state index in [1.54, 1.807) is 37.3 Å². The lowest BCUT2D eigenvalue weighted by atomic mass is 9.70. The van der Waals surface area contributed by atoms with E-state index in [9.17, 15) is 14.7 Å². The first-order valence-electron chi connectivity index (χ1n) is 9.83. The molecule has 7 N–H and O–H groups in total. The Morgan fingerprint density at radius 3 is 2.70 bits per heavy atom. The van der Waals surface area contributed by atoms with Crippen molar-refractivity contribution in [3.63, 3.8) is 0 Å². The molecule has 0 radical (unpaired) electrons. The molecule has 0 saturated heterocycles. The largest absolute Gasteiger partial charge is 0.477 e. The molecular weight excluding hydrogens is 444 g/mol. The van der Waals surface area contributed by atoms with Crippen LogP contribution in [0, 0.1) is 6.92 Å². The Morgan fingerprint density at radius 1 is 1.24 bits per heavy atom. The number of hydrogen-bond donors (Lipinski definition) is 4. The summed E-state index contributed by atoms with van der Waals surface area (Å²) in [6.07, 6.45) is 2.98. The van der Waals surface area contributed by atoms with Gasteiger partial charge in [0, 0.05) is 46.7 Å². The Labute approximate surface area is 191 Å². The number of rotatable bonds is 4. The fourth-order valence-electron chi connectivity index (χ4n) is 4.27. The molecule has 2 atom stereocenters. The minimum Gasteiger partial charge on any atom is -0.477 e. The molecule has 0 saturated carbocycles. The molecule has 0 fully saturated rings. The zero-order valence-electron chi connectivity index (χ0n) is 17.3. The molecule has 4 aromatic rings. The van der Waals surface area contributed by atoms with Crippen molar-refractivity contribution in [2.75, 3.05) is 5.73 Å². The molecule has 0 aliphatic heterocycles. The number of pyridine rings is 1. The lowest BCUT2D eigenvalue weighted by Crippen LogP contribution is -2.53. The minimum absolute atomic E-state index is 0.0189. The first kappa shape index (κ1) is 20.9. The normalized spacial score (nSPS) is 19.6. The number of carboxylic acid groups (broad SMARTS) is 1. The number of aromatic carboxylic acids is 1. The highest BCUT2D eigenvalue weighted by molar-refractivity contribution is 7.21. The summed E-state index contributed by atoms with van der Waals surface area (Å²) < 4.78 is 6.16. The van der Waals surface area contributed by atoms with Crippen molar-refractivity contribution in [3.05, 3.63) is 69.9 Å². The highest BCUT2D eigenvalue weighted by atomic mass is 32.1. The smallest absolute Gasteiger partial charge is 0.346 e. The maximum atomic E-state index is 13.6. The van der Waals surface area contributed by atoms with E-state index >= 15 is 0 Å². The van der Waals surface area contributed by atoms with Gasteiger partial charge in [-0.3, -0.25) is 4.79 Å². The van der Waals surface area contributed by atoms with Crippen LogP contribution in [0.1, 0.15) is 38.0 Å². The number of nitrogen functional groups attached to an aromatic ring is 1. The molecule has 0 spiro atoms. The van der Waals surface area contributed by atoms with E-state index in [4.69, 9.17) is 21.9 Å². The Bertz CT molecular complexity index is 1450. The number of benzene rings is 1. The number of nitrogens with two attached hydrogens (primary N) is 3. The molecule has 2 unspecified atom stereocenters. The van der Waals surface area contributed by atoms with E-state index in [0.29, 0.717) is 32.5 Å². The number of nitrogens with zero attached hydrogens (tertiary/aromatic N) is 3. The van der Waals surface area contributed by atoms with Gasteiger partial charge in [-0.05, 0) is 30.2 Å². The average Bonchev–Trinajstić information content (AvgIpc) is 3.20. The SMILES string of the molecule is Cc1cc(Oc2cccnn2)ncc1C1(N)C(=O)C(N)c2c(C(=O)O)sc3c(N)ccc1c23. The van der Waals surface area contributed by atoms with Crippen LogP contribution in [0.25, 0.3) is 10.1 Å². The van der Waals surface area contributed by atoms with Crippen LogP contribution >= 0.6 is 11.3 Å². The first-order valence-corrected chi connectivity index (χ1v) is 10.6. The Morgan fingerprint density at radius 2 is 2.03 bits per heavy atom. The molecule has 0 bridgehead atoms. The zero-order chi connectivity index (χ0) is 23.5. The molecule has 166 valence electrons. The minimum atomic E-state index is -1.66. The second-order valence-electron chi connectivity index (χ2n) is 7.71. The maximum Gasteiger partial charge on any atom is 0.346 e. The number of Topliss-reactive ketones (excluding diaryl/α,β-unsaturated/α-hetero) is 1.